The Hall–Kier alpha value is -2.03. The molecule has 1 aliphatic heterocycles. The van der Waals surface area contributed by atoms with Gasteiger partial charge in [-0.1, -0.05) is 13.0 Å². The molecule has 0 saturated carbocycles. The fourth-order valence-electron chi connectivity index (χ4n) is 2.69. The molecule has 0 aliphatic carbocycles. The molecule has 3 heterocycles. The van der Waals surface area contributed by atoms with E-state index in [4.69, 9.17) is 0 Å². The van der Waals surface area contributed by atoms with Gasteiger partial charge in [0.2, 0.25) is 0 Å². The fourth-order valence-corrected chi connectivity index (χ4v) is 3.48. The molecule has 9 heteroatoms. The highest BCUT2D eigenvalue weighted by Crippen LogP contribution is 2.44. The van der Waals surface area contributed by atoms with Gasteiger partial charge in [-0.15, -0.1) is 11.3 Å². The fraction of sp³-hybridized carbons (Fsp3) is 0.467. The van der Waals surface area contributed by atoms with Crippen LogP contribution in [-0.2, 0) is 0 Å². The number of carbonyl (C=O) groups is 1. The molecule has 2 atom stereocenters. The van der Waals surface area contributed by atoms with Crippen LogP contribution in [0.1, 0.15) is 47.2 Å². The van der Waals surface area contributed by atoms with Crippen LogP contribution in [0.2, 0.25) is 0 Å². The Bertz CT molecular complexity index is 711. The van der Waals surface area contributed by atoms with Crippen LogP contribution in [0.3, 0.4) is 0 Å². The summed E-state index contributed by atoms with van der Waals surface area (Å²) in [5.74, 6) is -0.252. The van der Waals surface area contributed by atoms with Crippen LogP contribution in [0.4, 0.5) is 19.0 Å². The number of halogens is 3. The number of fused-ring (bicyclic) bond motifs is 1. The molecule has 0 saturated heterocycles. The van der Waals surface area contributed by atoms with Gasteiger partial charge in [0, 0.05) is 23.9 Å². The van der Waals surface area contributed by atoms with Gasteiger partial charge in [-0.05, 0) is 17.9 Å². The number of nitrogens with one attached hydrogen (secondary N) is 2. The van der Waals surface area contributed by atoms with Crippen molar-refractivity contribution in [1.29, 1.82) is 0 Å². The Morgan fingerprint density at radius 3 is 2.96 bits per heavy atom. The summed E-state index contributed by atoms with van der Waals surface area (Å²) < 4.78 is 41.3. The zero-order chi connectivity index (χ0) is 17.3. The van der Waals surface area contributed by atoms with E-state index in [0.717, 1.165) is 16.0 Å². The van der Waals surface area contributed by atoms with Gasteiger partial charge in [-0.3, -0.25) is 4.79 Å². The first-order valence-electron chi connectivity index (χ1n) is 7.64. The van der Waals surface area contributed by atoms with E-state index in [1.54, 1.807) is 12.1 Å². The maximum Gasteiger partial charge on any atom is 0.410 e. The normalized spacial score (nSPS) is 20.3. The number of aromatic nitrogens is 2. The molecule has 0 fully saturated rings. The monoisotopic (exact) mass is 358 g/mol. The summed E-state index contributed by atoms with van der Waals surface area (Å²) in [5.41, 5.74) is -0.00738. The highest BCUT2D eigenvalue weighted by Gasteiger charge is 2.47. The number of hydrogen-bond acceptors (Lipinski definition) is 4. The average molecular weight is 358 g/mol. The quantitative estimate of drug-likeness (QED) is 0.875. The van der Waals surface area contributed by atoms with Crippen LogP contribution >= 0.6 is 11.3 Å². The van der Waals surface area contributed by atoms with Crippen molar-refractivity contribution in [3.63, 3.8) is 0 Å². The largest absolute Gasteiger partial charge is 0.410 e. The van der Waals surface area contributed by atoms with Crippen molar-refractivity contribution in [1.82, 2.24) is 15.1 Å². The topological polar surface area (TPSA) is 59.0 Å². The molecule has 5 nitrogen and oxygen atoms in total. The first-order chi connectivity index (χ1) is 11.4. The molecule has 1 amide bonds. The van der Waals surface area contributed by atoms with Gasteiger partial charge in [0.25, 0.3) is 5.91 Å². The molecular weight excluding hydrogens is 341 g/mol. The van der Waals surface area contributed by atoms with Crippen molar-refractivity contribution >= 4 is 23.1 Å². The zero-order valence-corrected chi connectivity index (χ0v) is 13.7. The Morgan fingerprint density at radius 2 is 2.33 bits per heavy atom. The molecule has 0 radical (unpaired) electrons. The molecule has 0 spiro atoms. The molecule has 2 aromatic heterocycles. The minimum Gasteiger partial charge on any atom is -0.363 e. The number of hydrogen-bond donors (Lipinski definition) is 2. The maximum absolute atomic E-state index is 13.5. The third-order valence-electron chi connectivity index (χ3n) is 3.84. The lowest BCUT2D eigenvalue weighted by molar-refractivity contribution is -0.173. The second-order valence-corrected chi connectivity index (χ2v) is 6.60. The van der Waals surface area contributed by atoms with E-state index in [9.17, 15) is 18.0 Å². The molecular formula is C15H17F3N4OS. The summed E-state index contributed by atoms with van der Waals surface area (Å²) in [6.45, 7) is 2.35. The summed E-state index contributed by atoms with van der Waals surface area (Å²) in [4.78, 5) is 12.8. The van der Waals surface area contributed by atoms with Crippen molar-refractivity contribution < 1.29 is 18.0 Å². The van der Waals surface area contributed by atoms with Gasteiger partial charge in [0.15, 0.2) is 11.7 Å². The third-order valence-corrected chi connectivity index (χ3v) is 4.83. The number of thiophene rings is 1. The summed E-state index contributed by atoms with van der Waals surface area (Å²) in [7, 11) is 0. The van der Waals surface area contributed by atoms with Gasteiger partial charge in [-0.2, -0.15) is 18.3 Å². The number of nitrogens with zero attached hydrogens (tertiary/aromatic N) is 2. The number of alkyl halides is 3. The molecule has 1 aliphatic rings. The van der Waals surface area contributed by atoms with E-state index in [-0.39, 0.29) is 17.9 Å². The van der Waals surface area contributed by atoms with Gasteiger partial charge >= 0.3 is 6.18 Å². The third kappa shape index (κ3) is 3.26. The van der Waals surface area contributed by atoms with E-state index in [1.807, 2.05) is 12.3 Å². The van der Waals surface area contributed by atoms with Crippen molar-refractivity contribution in [3.05, 3.63) is 34.2 Å². The number of rotatable bonds is 4. The van der Waals surface area contributed by atoms with Crippen molar-refractivity contribution in [2.24, 2.45) is 0 Å². The van der Waals surface area contributed by atoms with E-state index < -0.39 is 24.2 Å². The lowest BCUT2D eigenvalue weighted by Crippen LogP contribution is -2.35. The highest BCUT2D eigenvalue weighted by molar-refractivity contribution is 7.10. The second kappa shape index (κ2) is 6.46. The Morgan fingerprint density at radius 1 is 1.54 bits per heavy atom. The Kier molecular flexibility index (Phi) is 4.53. The van der Waals surface area contributed by atoms with Crippen LogP contribution in [-0.4, -0.2) is 28.4 Å². The number of carbonyl (C=O) groups excluding carboxylic acids is 1. The second-order valence-electron chi connectivity index (χ2n) is 5.62. The lowest BCUT2D eigenvalue weighted by atomic mass is 10.0. The highest BCUT2D eigenvalue weighted by atomic mass is 32.1. The van der Waals surface area contributed by atoms with E-state index in [2.05, 4.69) is 15.7 Å². The number of anilines is 1. The van der Waals surface area contributed by atoms with E-state index in [1.165, 1.54) is 17.4 Å². The summed E-state index contributed by atoms with van der Waals surface area (Å²) in [6.07, 6.45) is -3.85. The first-order valence-corrected chi connectivity index (χ1v) is 8.52. The van der Waals surface area contributed by atoms with E-state index >= 15 is 0 Å². The molecule has 130 valence electrons. The molecule has 0 bridgehead atoms. The summed E-state index contributed by atoms with van der Waals surface area (Å²) in [6, 6.07) is 2.78. The van der Waals surface area contributed by atoms with Gasteiger partial charge in [-0.25, -0.2) is 4.68 Å². The van der Waals surface area contributed by atoms with Gasteiger partial charge in [0.05, 0.1) is 6.04 Å². The Balaban J connectivity index is 1.93. The summed E-state index contributed by atoms with van der Waals surface area (Å²) in [5, 5.41) is 11.4. The minimum atomic E-state index is -4.43. The first kappa shape index (κ1) is 16.8. The minimum absolute atomic E-state index is 0.00738. The predicted octanol–water partition coefficient (Wildman–Crippen LogP) is 3.74. The zero-order valence-electron chi connectivity index (χ0n) is 12.9. The van der Waals surface area contributed by atoms with E-state index in [0.29, 0.717) is 6.54 Å². The lowest BCUT2D eigenvalue weighted by Gasteiger charge is -2.32. The van der Waals surface area contributed by atoms with Crippen molar-refractivity contribution in [2.75, 3.05) is 11.9 Å². The van der Waals surface area contributed by atoms with Crippen LogP contribution in [0.5, 0.6) is 0 Å². The summed E-state index contributed by atoms with van der Waals surface area (Å²) >= 11 is 1.40. The average Bonchev–Trinajstić information content (AvgIpc) is 3.19. The van der Waals surface area contributed by atoms with Crippen molar-refractivity contribution in [2.45, 2.75) is 38.0 Å². The molecule has 0 unspecified atom stereocenters. The molecule has 24 heavy (non-hydrogen) atoms. The SMILES string of the molecule is CCCNC(=O)c1cc2n(n1)[C@@H](C(F)(F)F)C[C@H](c1cccs1)N2. The van der Waals surface area contributed by atoms with Crippen LogP contribution in [0.15, 0.2) is 23.6 Å². The molecule has 2 N–H and O–H groups in total. The molecule has 0 aromatic carbocycles. The van der Waals surface area contributed by atoms with Crippen LogP contribution in [0, 0.1) is 0 Å². The number of amides is 1. The predicted molar refractivity (Wildman–Crippen MR) is 85.2 cm³/mol. The Labute approximate surface area is 140 Å². The van der Waals surface area contributed by atoms with Gasteiger partial charge < -0.3 is 10.6 Å². The smallest absolute Gasteiger partial charge is 0.363 e. The van der Waals surface area contributed by atoms with Gasteiger partial charge in [0.1, 0.15) is 5.82 Å². The molecule has 2 aromatic rings. The van der Waals surface area contributed by atoms with Crippen molar-refractivity contribution in [3.8, 4) is 0 Å². The van der Waals surface area contributed by atoms with Crippen LogP contribution < -0.4 is 10.6 Å². The standard InChI is InChI=1S/C15H17F3N4OS/c1-2-5-19-14(23)10-8-13-20-9(11-4-3-6-24-11)7-12(15(16,17)18)22(13)21-10/h3-4,6,8-9,12,20H,2,5,7H2,1H3,(H,19,23)/t9-,12-/m1/s1. The maximum atomic E-state index is 13.5. The van der Waals surface area contributed by atoms with Crippen LogP contribution in [0.25, 0.3) is 0 Å². The molecule has 3 rings (SSSR count).